The molecular weight excluding hydrogens is 1480 g/mol. The number of fused-ring (bicyclic) bond motifs is 2. The van der Waals surface area contributed by atoms with Gasteiger partial charge in [-0.2, -0.15) is 26.3 Å². The van der Waals surface area contributed by atoms with Gasteiger partial charge in [-0.05, 0) is 125 Å². The molecule has 6 aliphatic rings. The number of morpholine rings is 1. The lowest BCUT2D eigenvalue weighted by atomic mass is 9.90. The molecule has 12 amide bonds. The molecule has 4 saturated heterocycles. The van der Waals surface area contributed by atoms with E-state index in [2.05, 4.69) is 16.0 Å². The minimum absolute atomic E-state index is 0.00428. The van der Waals surface area contributed by atoms with Crippen molar-refractivity contribution in [1.29, 1.82) is 0 Å². The smallest absolute Gasteiger partial charge is 0.378 e. The number of carbonyl (C=O) groups is 12. The lowest BCUT2D eigenvalue weighted by Crippen LogP contribution is -2.65. The van der Waals surface area contributed by atoms with Crippen LogP contribution in [0.25, 0.3) is 0 Å². The number of aryl methyl sites for hydroxylation is 1. The van der Waals surface area contributed by atoms with Crippen molar-refractivity contribution in [1.82, 2.24) is 60.0 Å². The Morgan fingerprint density at radius 3 is 1.89 bits per heavy atom. The third-order valence-electron chi connectivity index (χ3n) is 23.2. The summed E-state index contributed by atoms with van der Waals surface area (Å²) < 4.78 is 95.8. The van der Waals surface area contributed by atoms with Crippen molar-refractivity contribution < 1.29 is 93.4 Å². The molecule has 0 aromatic heterocycles. The molecule has 616 valence electrons. The fourth-order valence-electron chi connectivity index (χ4n) is 16.3. The van der Waals surface area contributed by atoms with E-state index in [0.717, 1.165) is 52.3 Å². The van der Waals surface area contributed by atoms with Crippen molar-refractivity contribution in [2.24, 2.45) is 17.8 Å². The highest BCUT2D eigenvalue weighted by molar-refractivity contribution is 6.31. The van der Waals surface area contributed by atoms with Gasteiger partial charge in [-0.25, -0.2) is 0 Å². The second-order valence-electron chi connectivity index (χ2n) is 31.2. The molecule has 6 fully saturated rings. The Morgan fingerprint density at radius 2 is 1.32 bits per heavy atom. The van der Waals surface area contributed by atoms with E-state index in [1.54, 1.807) is 27.7 Å². The summed E-state index contributed by atoms with van der Waals surface area (Å²) in [7, 11) is 6.83. The monoisotopic (exact) mass is 1590 g/mol. The summed E-state index contributed by atoms with van der Waals surface area (Å²) >= 11 is 6.19. The fraction of sp³-hybridized carbons (Fsp3) is 0.692. The highest BCUT2D eigenvalue weighted by Gasteiger charge is 2.53. The lowest BCUT2D eigenvalue weighted by Gasteiger charge is -2.46. The maximum atomic E-state index is 15.9. The van der Waals surface area contributed by atoms with E-state index in [9.17, 15) is 35.9 Å². The van der Waals surface area contributed by atoms with Crippen LogP contribution < -0.4 is 16.0 Å². The predicted octanol–water partition coefficient (Wildman–Crippen LogP) is 6.50. The zero-order valence-electron chi connectivity index (χ0n) is 65.8. The Kier molecular flexibility index (Phi) is 30.4. The first-order chi connectivity index (χ1) is 52.3. The molecule has 111 heavy (non-hydrogen) atoms. The summed E-state index contributed by atoms with van der Waals surface area (Å²) in [6.45, 7) is 11.4. The van der Waals surface area contributed by atoms with Gasteiger partial charge >= 0.3 is 12.4 Å². The van der Waals surface area contributed by atoms with Crippen LogP contribution in [-0.4, -0.2) is 275 Å². The molecular formula is C78H111ClF6N12O14. The topological polar surface area (TPSA) is 289 Å². The number of nitrogens with one attached hydrogen (secondary N) is 3. The van der Waals surface area contributed by atoms with E-state index >= 15 is 47.9 Å². The highest BCUT2D eigenvalue weighted by atomic mass is 35.5. The van der Waals surface area contributed by atoms with E-state index in [1.807, 2.05) is 13.8 Å². The quantitative estimate of drug-likeness (QED) is 0.161. The largest absolute Gasteiger partial charge is 0.417 e. The van der Waals surface area contributed by atoms with Gasteiger partial charge in [-0.3, -0.25) is 57.5 Å². The summed E-state index contributed by atoms with van der Waals surface area (Å²) in [5.74, 6) is -10.4. The van der Waals surface area contributed by atoms with Gasteiger partial charge in [0.05, 0.1) is 48.4 Å². The van der Waals surface area contributed by atoms with Gasteiger partial charge in [0.1, 0.15) is 59.9 Å². The third-order valence-corrected chi connectivity index (χ3v) is 23.5. The van der Waals surface area contributed by atoms with Crippen LogP contribution >= 0.6 is 11.6 Å². The van der Waals surface area contributed by atoms with Gasteiger partial charge < -0.3 is 69.5 Å². The molecule has 0 bridgehead atoms. The van der Waals surface area contributed by atoms with Crippen LogP contribution in [-0.2, 0) is 92.2 Å². The van der Waals surface area contributed by atoms with Crippen LogP contribution in [0.1, 0.15) is 167 Å². The number of hydrogen-bond acceptors (Lipinski definition) is 14. The molecule has 26 nitrogen and oxygen atoms in total. The van der Waals surface area contributed by atoms with Crippen molar-refractivity contribution in [3.63, 3.8) is 0 Å². The van der Waals surface area contributed by atoms with Gasteiger partial charge in [-0.15, -0.1) is 0 Å². The van der Waals surface area contributed by atoms with Crippen LogP contribution in [0.3, 0.4) is 0 Å². The predicted molar refractivity (Wildman–Crippen MR) is 397 cm³/mol. The van der Waals surface area contributed by atoms with E-state index in [0.29, 0.717) is 44.9 Å². The molecule has 33 heteroatoms. The minimum Gasteiger partial charge on any atom is -0.378 e. The number of halogens is 7. The zero-order chi connectivity index (χ0) is 81.9. The Bertz CT molecular complexity index is 3690. The van der Waals surface area contributed by atoms with Gasteiger partial charge in [0.15, 0.2) is 0 Å². The second-order valence-corrected chi connectivity index (χ2v) is 31.6. The van der Waals surface area contributed by atoms with Gasteiger partial charge in [0.25, 0.3) is 0 Å². The first-order valence-corrected chi connectivity index (χ1v) is 39.3. The summed E-state index contributed by atoms with van der Waals surface area (Å²) in [4.78, 5) is 194. The normalized spacial score (nSPS) is 26.9. The summed E-state index contributed by atoms with van der Waals surface area (Å²) in [5.41, 5.74) is -3.47. The van der Waals surface area contributed by atoms with E-state index < -0.39 is 197 Å². The average molecular weight is 1590 g/mol. The maximum absolute atomic E-state index is 15.9. The van der Waals surface area contributed by atoms with Crippen LogP contribution in [0.4, 0.5) is 26.3 Å². The molecule has 4 heterocycles. The van der Waals surface area contributed by atoms with Crippen LogP contribution in [0.2, 0.25) is 5.02 Å². The second kappa shape index (κ2) is 38.1. The summed E-state index contributed by atoms with van der Waals surface area (Å²) in [5, 5.41) is 7.98. The Morgan fingerprint density at radius 1 is 0.685 bits per heavy atom. The molecule has 11 atom stereocenters. The molecule has 2 aliphatic carbocycles. The van der Waals surface area contributed by atoms with Crippen LogP contribution in [0.5, 0.6) is 0 Å². The van der Waals surface area contributed by atoms with Crippen molar-refractivity contribution in [2.45, 2.75) is 236 Å². The Balaban J connectivity index is 1.24. The van der Waals surface area contributed by atoms with Gasteiger partial charge in [0.2, 0.25) is 70.9 Å². The first kappa shape index (κ1) is 88.4. The van der Waals surface area contributed by atoms with Crippen molar-refractivity contribution in [2.75, 3.05) is 94.3 Å². The zero-order valence-corrected chi connectivity index (χ0v) is 66.6. The molecule has 2 saturated carbocycles. The van der Waals surface area contributed by atoms with Crippen molar-refractivity contribution in [3.05, 3.63) is 69.7 Å². The Labute approximate surface area is 650 Å². The number of ether oxygens (including phenoxy) is 2. The number of carbonyl (C=O) groups excluding carboxylic acids is 12. The molecule has 8 rings (SSSR count). The average Bonchev–Trinajstić information content (AvgIpc) is 1.76. The molecule has 2 aromatic carbocycles. The van der Waals surface area contributed by atoms with Crippen LogP contribution in [0, 0.1) is 17.8 Å². The molecule has 1 unspecified atom stereocenters. The summed E-state index contributed by atoms with van der Waals surface area (Å²) in [6.07, 6.45) is -8.10. The van der Waals surface area contributed by atoms with E-state index in [-0.39, 0.29) is 121 Å². The number of rotatable bonds is 15. The minimum atomic E-state index is -4.83. The number of alkyl halides is 6. The van der Waals surface area contributed by atoms with Gasteiger partial charge in [0, 0.05) is 87.4 Å². The Hall–Kier alpha value is -8.13. The van der Waals surface area contributed by atoms with Crippen LogP contribution in [0.15, 0.2) is 42.5 Å². The van der Waals surface area contributed by atoms with E-state index in [4.69, 9.17) is 21.1 Å². The van der Waals surface area contributed by atoms with Crippen molar-refractivity contribution >= 4 is 82.5 Å². The highest BCUT2D eigenvalue weighted by Crippen LogP contribution is 2.39. The van der Waals surface area contributed by atoms with E-state index in [1.165, 1.54) is 76.5 Å². The lowest BCUT2D eigenvalue weighted by molar-refractivity contribution is -0.161. The third kappa shape index (κ3) is 21.0. The standard InChI is InChI=1S/C78H111ClF6N12O14/c1-13-33-95-61(41-50-22-26-52(27-23-50)77(80,81)82)70(104)89(8)45-62(98)86-56(29-25-49-24-28-54(55(79)40-49)78(83,84)85)69(103)97-44-53(111-15-3)42-59(97)67(101)88-76(31-18-19-32-76)75(109)93(12)65(51-20-16-17-21-51)74(108)92(11)60(71(105)94-35-37-110-38-36-94)43-63(99)91(10)58(39-46(4)5)66(100)87-64(47(6)14-2)73(107)90(9)48(7)68(102)96-34-30-57(96)72(95)106/h22-24,26-28,40,46-48,51,53,56-61,64-65H,13-21,25,29-39,41-45H2,1-12H3,(H,86,98)(H,87,100)(H,88,101)/t47-,48-,53-,56-,57-,58-,59-,60-,61-,64?,65-/m0/s1. The SMILES string of the molecule is CCCN1C(=O)[C@@H]2CCN2C(=O)[C@H](C)N(C)C(=O)C([C@@H](C)CC)NC(=O)[C@H](CC(C)C)N(C)C(=O)C[C@@H](C(=O)N2CCOCC2)N(C)C(=O)[C@H](C2CCCC2)N(C)C(=O)C2(CCCC2)NC(=O)[C@@H]2C[C@H](OCC)CN2C(=O)[C@H](CCc2ccc(C(F)(F)F)c(Cl)c2)NC(=O)CN(C)C(=O)[C@@H]1Cc1ccc(C(F)(F)F)cc1. The number of amides is 12. The first-order valence-electron chi connectivity index (χ1n) is 38.9. The van der Waals surface area contributed by atoms with Gasteiger partial charge in [-0.1, -0.05) is 96.5 Å². The molecule has 4 aliphatic heterocycles. The molecule has 1 spiro atoms. The molecule has 0 radical (unpaired) electrons. The maximum Gasteiger partial charge on any atom is 0.417 e. The number of likely N-dealkylation sites (N-methyl/N-ethyl adjacent to an activating group) is 5. The number of hydrogen-bond donors (Lipinski definition) is 3. The molecule has 2 aromatic rings. The van der Waals surface area contributed by atoms with Crippen molar-refractivity contribution in [3.8, 4) is 0 Å². The number of benzene rings is 2. The summed E-state index contributed by atoms with van der Waals surface area (Å²) in [6, 6.07) is -5.65. The number of nitrogens with zero attached hydrogens (tertiary/aromatic N) is 9. The molecule has 3 N–H and O–H groups in total. The fourth-order valence-corrected chi connectivity index (χ4v) is 16.6.